The average Bonchev–Trinajstić information content (AvgIpc) is 2.42. The molecule has 0 unspecified atom stereocenters. The molecule has 1 aromatic carbocycles. The summed E-state index contributed by atoms with van der Waals surface area (Å²) in [7, 11) is 1.49. The van der Waals surface area contributed by atoms with Crippen LogP contribution in [0.3, 0.4) is 0 Å². The second-order valence-electron chi connectivity index (χ2n) is 6.83. The van der Waals surface area contributed by atoms with E-state index in [9.17, 15) is 4.79 Å². The lowest BCUT2D eigenvalue weighted by Gasteiger charge is -2.22. The molecule has 0 aliphatic heterocycles. The van der Waals surface area contributed by atoms with Crippen LogP contribution in [0.4, 0.5) is 0 Å². The van der Waals surface area contributed by atoms with Crippen LogP contribution in [0.1, 0.15) is 54.2 Å². The zero-order chi connectivity index (χ0) is 17.2. The highest BCUT2D eigenvalue weighted by atomic mass is 16.6. The molecule has 4 heteroatoms. The first-order valence-corrected chi connectivity index (χ1v) is 7.52. The van der Waals surface area contributed by atoms with Crippen LogP contribution in [-0.2, 0) is 9.63 Å². The number of carbonyl (C=O) groups excluding carboxylic acids is 1. The summed E-state index contributed by atoms with van der Waals surface area (Å²) in [6, 6.07) is 0. The number of hydrogen-bond acceptors (Lipinski definition) is 3. The molecule has 122 valence electrons. The van der Waals surface area contributed by atoms with Gasteiger partial charge in [0.2, 0.25) is 5.91 Å². The van der Waals surface area contributed by atoms with Gasteiger partial charge in [-0.25, -0.2) is 0 Å². The number of oxime groups is 1. The van der Waals surface area contributed by atoms with E-state index in [1.165, 1.54) is 23.8 Å². The predicted octanol–water partition coefficient (Wildman–Crippen LogP) is 3.70. The Hall–Kier alpha value is -1.84. The van der Waals surface area contributed by atoms with Gasteiger partial charge in [-0.1, -0.05) is 25.9 Å². The maximum Gasteiger partial charge on any atom is 0.231 e. The van der Waals surface area contributed by atoms with Crippen LogP contribution >= 0.6 is 0 Å². The van der Waals surface area contributed by atoms with E-state index in [1.54, 1.807) is 0 Å². The molecule has 1 amide bonds. The van der Waals surface area contributed by atoms with E-state index in [1.807, 2.05) is 20.8 Å². The molecular formula is C18H28N2O2. The SMILES string of the molecule is CO/N=C(/NC(=O)C(C)(C)C)c1c(C)c(C)c(C)c(C)c1C. The van der Waals surface area contributed by atoms with Crippen LogP contribution in [0.15, 0.2) is 5.16 Å². The lowest BCUT2D eigenvalue weighted by atomic mass is 9.88. The molecule has 0 fully saturated rings. The summed E-state index contributed by atoms with van der Waals surface area (Å²) in [6.45, 7) is 16.0. The summed E-state index contributed by atoms with van der Waals surface area (Å²) in [5, 5.41) is 6.98. The van der Waals surface area contributed by atoms with Crippen molar-refractivity contribution in [2.24, 2.45) is 10.6 Å². The normalized spacial score (nSPS) is 12.3. The molecule has 1 aromatic rings. The molecule has 0 saturated carbocycles. The van der Waals surface area contributed by atoms with Gasteiger partial charge in [0, 0.05) is 11.0 Å². The maximum atomic E-state index is 12.3. The van der Waals surface area contributed by atoms with Crippen molar-refractivity contribution in [2.75, 3.05) is 7.11 Å². The standard InChI is InChI=1S/C18H28N2O2/c1-10-11(2)13(4)15(14(5)12(10)3)16(20-22-9)19-17(21)18(6,7)8/h1-9H3,(H,19,20,21). The van der Waals surface area contributed by atoms with Crippen molar-refractivity contribution in [1.82, 2.24) is 5.32 Å². The molecule has 0 radical (unpaired) electrons. The van der Waals surface area contributed by atoms with E-state index in [-0.39, 0.29) is 5.91 Å². The van der Waals surface area contributed by atoms with E-state index >= 15 is 0 Å². The second-order valence-corrected chi connectivity index (χ2v) is 6.83. The summed E-state index contributed by atoms with van der Waals surface area (Å²) < 4.78 is 0. The summed E-state index contributed by atoms with van der Waals surface area (Å²) in [6.07, 6.45) is 0. The van der Waals surface area contributed by atoms with Gasteiger partial charge in [-0.3, -0.25) is 4.79 Å². The van der Waals surface area contributed by atoms with Crippen LogP contribution in [0, 0.1) is 40.0 Å². The molecule has 0 saturated heterocycles. The number of nitrogens with one attached hydrogen (secondary N) is 1. The Balaban J connectivity index is 3.48. The molecule has 0 spiro atoms. The molecule has 0 heterocycles. The molecule has 0 aromatic heterocycles. The van der Waals surface area contributed by atoms with Gasteiger partial charge in [0.25, 0.3) is 0 Å². The van der Waals surface area contributed by atoms with Crippen molar-refractivity contribution in [3.63, 3.8) is 0 Å². The fraction of sp³-hybridized carbons (Fsp3) is 0.556. The third kappa shape index (κ3) is 3.49. The van der Waals surface area contributed by atoms with Gasteiger partial charge in [-0.2, -0.15) is 0 Å². The lowest BCUT2D eigenvalue weighted by Crippen LogP contribution is -2.40. The van der Waals surface area contributed by atoms with E-state index < -0.39 is 5.41 Å². The van der Waals surface area contributed by atoms with E-state index in [4.69, 9.17) is 4.84 Å². The summed E-state index contributed by atoms with van der Waals surface area (Å²) in [4.78, 5) is 17.3. The molecule has 0 bridgehead atoms. The number of nitrogens with zero attached hydrogens (tertiary/aromatic N) is 1. The Morgan fingerprint density at radius 1 is 0.909 bits per heavy atom. The first-order valence-electron chi connectivity index (χ1n) is 7.52. The fourth-order valence-corrected chi connectivity index (χ4v) is 2.37. The summed E-state index contributed by atoms with van der Waals surface area (Å²) in [5.74, 6) is 0.390. The van der Waals surface area contributed by atoms with Gasteiger partial charge < -0.3 is 10.2 Å². The highest BCUT2D eigenvalue weighted by Gasteiger charge is 2.25. The van der Waals surface area contributed by atoms with Crippen molar-refractivity contribution in [3.05, 3.63) is 33.4 Å². The number of rotatable bonds is 2. The fourth-order valence-electron chi connectivity index (χ4n) is 2.37. The van der Waals surface area contributed by atoms with E-state index in [0.29, 0.717) is 5.84 Å². The molecule has 0 aliphatic rings. The maximum absolute atomic E-state index is 12.3. The van der Waals surface area contributed by atoms with Crippen LogP contribution in [0.25, 0.3) is 0 Å². The number of carbonyl (C=O) groups is 1. The van der Waals surface area contributed by atoms with Gasteiger partial charge >= 0.3 is 0 Å². The number of hydrogen-bond donors (Lipinski definition) is 1. The smallest absolute Gasteiger partial charge is 0.231 e. The topological polar surface area (TPSA) is 50.7 Å². The first kappa shape index (κ1) is 18.2. The minimum absolute atomic E-state index is 0.0852. The van der Waals surface area contributed by atoms with Gasteiger partial charge in [-0.15, -0.1) is 0 Å². The van der Waals surface area contributed by atoms with Crippen molar-refractivity contribution >= 4 is 11.7 Å². The molecule has 1 rings (SSSR count). The third-order valence-electron chi connectivity index (χ3n) is 4.33. The molecule has 1 N–H and O–H groups in total. The Morgan fingerprint density at radius 3 is 1.68 bits per heavy atom. The quantitative estimate of drug-likeness (QED) is 0.514. The minimum Gasteiger partial charge on any atom is -0.397 e. The second kappa shape index (κ2) is 6.51. The largest absolute Gasteiger partial charge is 0.397 e. The molecular weight excluding hydrogens is 276 g/mol. The van der Waals surface area contributed by atoms with E-state index in [2.05, 4.69) is 45.1 Å². The monoisotopic (exact) mass is 304 g/mol. The Kier molecular flexibility index (Phi) is 5.39. The molecule has 0 aliphatic carbocycles. The first-order chi connectivity index (χ1) is 10.0. The van der Waals surface area contributed by atoms with Crippen molar-refractivity contribution in [2.45, 2.75) is 55.4 Å². The zero-order valence-corrected chi connectivity index (χ0v) is 15.3. The molecule has 0 atom stereocenters. The van der Waals surface area contributed by atoms with Gasteiger partial charge in [0.15, 0.2) is 5.84 Å². The van der Waals surface area contributed by atoms with Crippen LogP contribution < -0.4 is 5.32 Å². The molecule has 4 nitrogen and oxygen atoms in total. The zero-order valence-electron chi connectivity index (χ0n) is 15.3. The van der Waals surface area contributed by atoms with Gasteiger partial charge in [0.05, 0.1) is 0 Å². The van der Waals surface area contributed by atoms with E-state index in [0.717, 1.165) is 16.7 Å². The predicted molar refractivity (Wildman–Crippen MR) is 91.3 cm³/mol. The Bertz CT molecular complexity index is 594. The summed E-state index contributed by atoms with van der Waals surface area (Å²) >= 11 is 0. The Labute approximate surface area is 133 Å². The average molecular weight is 304 g/mol. The number of amides is 1. The molecule has 22 heavy (non-hydrogen) atoms. The Morgan fingerprint density at radius 2 is 1.32 bits per heavy atom. The summed E-state index contributed by atoms with van der Waals surface area (Å²) in [5.41, 5.74) is 6.39. The van der Waals surface area contributed by atoms with Crippen molar-refractivity contribution in [1.29, 1.82) is 0 Å². The van der Waals surface area contributed by atoms with Gasteiger partial charge in [0.1, 0.15) is 7.11 Å². The highest BCUT2D eigenvalue weighted by Crippen LogP contribution is 2.26. The third-order valence-corrected chi connectivity index (χ3v) is 4.33. The van der Waals surface area contributed by atoms with Crippen molar-refractivity contribution < 1.29 is 9.63 Å². The highest BCUT2D eigenvalue weighted by molar-refractivity contribution is 6.10. The van der Waals surface area contributed by atoms with Gasteiger partial charge in [-0.05, 0) is 62.4 Å². The number of benzene rings is 1. The van der Waals surface area contributed by atoms with Crippen LogP contribution in [-0.4, -0.2) is 18.9 Å². The number of amidine groups is 1. The van der Waals surface area contributed by atoms with Crippen LogP contribution in [0.2, 0.25) is 0 Å². The minimum atomic E-state index is -0.495. The lowest BCUT2D eigenvalue weighted by molar-refractivity contribution is -0.127. The van der Waals surface area contributed by atoms with Crippen molar-refractivity contribution in [3.8, 4) is 0 Å². The van der Waals surface area contributed by atoms with Crippen LogP contribution in [0.5, 0.6) is 0 Å².